The number of nitrogens with zero attached hydrogens (tertiary/aromatic N) is 2. The van der Waals surface area contributed by atoms with Gasteiger partial charge in [0.2, 0.25) is 5.91 Å². The van der Waals surface area contributed by atoms with E-state index in [1.54, 1.807) is 19.2 Å². The van der Waals surface area contributed by atoms with E-state index in [9.17, 15) is 18.0 Å². The number of benzene rings is 1. The second kappa shape index (κ2) is 7.72. The average molecular weight is 380 g/mol. The Morgan fingerprint density at radius 2 is 2.07 bits per heavy atom. The number of rotatable bonds is 4. The predicted molar refractivity (Wildman–Crippen MR) is 98.6 cm³/mol. The zero-order valence-electron chi connectivity index (χ0n) is 15.3. The first kappa shape index (κ1) is 19.4. The Balaban J connectivity index is 1.91. The predicted octanol–water partition coefficient (Wildman–Crippen LogP) is 2.80. The van der Waals surface area contributed by atoms with Crippen LogP contribution in [0.1, 0.15) is 18.9 Å². The largest absolute Gasteiger partial charge is 0.418 e. The lowest BCUT2D eigenvalue weighted by Crippen LogP contribution is -2.50. The van der Waals surface area contributed by atoms with E-state index in [4.69, 9.17) is 0 Å². The normalized spacial score (nSPS) is 20.7. The smallest absolute Gasteiger partial charge is 0.369 e. The first-order valence-corrected chi connectivity index (χ1v) is 8.93. The summed E-state index contributed by atoms with van der Waals surface area (Å²) in [6.07, 6.45) is -2.16. The molecule has 0 aliphatic carbocycles. The summed E-state index contributed by atoms with van der Waals surface area (Å²) in [6.45, 7) is 3.69. The van der Waals surface area contributed by atoms with Crippen LogP contribution >= 0.6 is 0 Å². The van der Waals surface area contributed by atoms with Crippen molar-refractivity contribution in [2.24, 2.45) is 5.92 Å². The molecule has 1 amide bonds. The number of aromatic nitrogens is 1. The van der Waals surface area contributed by atoms with Crippen molar-refractivity contribution < 1.29 is 18.0 Å². The van der Waals surface area contributed by atoms with Crippen LogP contribution in [0, 0.1) is 5.92 Å². The number of carbonyl (C=O) groups is 1. The highest BCUT2D eigenvalue weighted by Crippen LogP contribution is 2.38. The first-order valence-electron chi connectivity index (χ1n) is 8.93. The number of fused-ring (bicyclic) bond motifs is 1. The molecular formula is C19H23F3N4O. The van der Waals surface area contributed by atoms with E-state index in [0.717, 1.165) is 24.7 Å². The number of likely N-dealkylation sites (N-methyl/N-ethyl adjacent to an activating group) is 1. The van der Waals surface area contributed by atoms with Crippen molar-refractivity contribution in [2.75, 3.05) is 31.6 Å². The van der Waals surface area contributed by atoms with Gasteiger partial charge >= 0.3 is 6.18 Å². The molecule has 8 heteroatoms. The minimum Gasteiger partial charge on any atom is -0.369 e. The molecule has 5 nitrogen and oxygen atoms in total. The van der Waals surface area contributed by atoms with Crippen LogP contribution in [0.3, 0.4) is 0 Å². The fourth-order valence-corrected chi connectivity index (χ4v) is 3.68. The summed E-state index contributed by atoms with van der Waals surface area (Å²) in [7, 11) is 1.58. The van der Waals surface area contributed by atoms with Crippen LogP contribution in [0.25, 0.3) is 10.9 Å². The van der Waals surface area contributed by atoms with Gasteiger partial charge in [-0.1, -0.05) is 6.92 Å². The molecule has 1 fully saturated rings. The highest BCUT2D eigenvalue weighted by atomic mass is 19.4. The number of halogens is 3. The Kier molecular flexibility index (Phi) is 5.55. The van der Waals surface area contributed by atoms with E-state index in [1.807, 2.05) is 0 Å². The highest BCUT2D eigenvalue weighted by Gasteiger charge is 2.34. The lowest BCUT2D eigenvalue weighted by Gasteiger charge is -2.39. The van der Waals surface area contributed by atoms with Gasteiger partial charge < -0.3 is 15.5 Å². The molecule has 1 aliphatic rings. The number of anilines is 1. The third-order valence-electron chi connectivity index (χ3n) is 4.88. The monoisotopic (exact) mass is 380 g/mol. The van der Waals surface area contributed by atoms with Crippen LogP contribution in [-0.2, 0) is 11.0 Å². The molecule has 2 atom stereocenters. The molecule has 0 radical (unpaired) electrons. The van der Waals surface area contributed by atoms with Crippen LogP contribution in [0.4, 0.5) is 18.9 Å². The summed E-state index contributed by atoms with van der Waals surface area (Å²) >= 11 is 0. The van der Waals surface area contributed by atoms with Gasteiger partial charge in [0, 0.05) is 43.4 Å². The number of hydrogen-bond acceptors (Lipinski definition) is 4. The molecule has 146 valence electrons. The van der Waals surface area contributed by atoms with E-state index in [1.165, 1.54) is 12.3 Å². The number of hydrogen-bond donors (Lipinski definition) is 2. The Morgan fingerprint density at radius 1 is 1.30 bits per heavy atom. The molecule has 1 aromatic carbocycles. The summed E-state index contributed by atoms with van der Waals surface area (Å²) in [5.74, 6) is 0.249. The maximum atomic E-state index is 13.3. The molecule has 0 spiro atoms. The van der Waals surface area contributed by atoms with Gasteiger partial charge in [0.15, 0.2) is 0 Å². The zero-order valence-corrected chi connectivity index (χ0v) is 15.3. The highest BCUT2D eigenvalue weighted by molar-refractivity contribution is 5.94. The van der Waals surface area contributed by atoms with Crippen molar-refractivity contribution in [1.29, 1.82) is 0 Å². The fraction of sp³-hybridized carbons (Fsp3) is 0.474. The summed E-state index contributed by atoms with van der Waals surface area (Å²) in [5, 5.41) is 6.30. The number of amides is 1. The van der Waals surface area contributed by atoms with Crippen LogP contribution in [0.15, 0.2) is 30.5 Å². The molecular weight excluding hydrogens is 357 g/mol. The van der Waals surface area contributed by atoms with Gasteiger partial charge in [-0.05, 0) is 36.6 Å². The van der Waals surface area contributed by atoms with Gasteiger partial charge in [0.25, 0.3) is 0 Å². The third kappa shape index (κ3) is 4.32. The number of alkyl halides is 3. The second-order valence-electron chi connectivity index (χ2n) is 7.03. The SMILES string of the molecule is CNC(=O)CNC1CC(C)CN(c2ccc(C(F)(F)F)c3ncccc23)C1. The van der Waals surface area contributed by atoms with Gasteiger partial charge in [-0.15, -0.1) is 0 Å². The summed E-state index contributed by atoms with van der Waals surface area (Å²) in [6, 6.07) is 6.05. The maximum absolute atomic E-state index is 13.3. The minimum atomic E-state index is -4.45. The van der Waals surface area contributed by atoms with E-state index in [0.29, 0.717) is 17.8 Å². The standard InChI is InChI=1S/C19H23F3N4O/c1-12-8-13(25-9-17(27)23-2)11-26(10-12)16-6-5-15(19(20,21)22)18-14(16)4-3-7-24-18/h3-7,12-13,25H,8-11H2,1-2H3,(H,23,27). The molecule has 2 unspecified atom stereocenters. The van der Waals surface area contributed by atoms with Crippen molar-refractivity contribution >= 4 is 22.5 Å². The fourth-order valence-electron chi connectivity index (χ4n) is 3.68. The van der Waals surface area contributed by atoms with E-state index in [-0.39, 0.29) is 24.0 Å². The number of pyridine rings is 1. The van der Waals surface area contributed by atoms with Gasteiger partial charge in [-0.3, -0.25) is 9.78 Å². The third-order valence-corrected chi connectivity index (χ3v) is 4.88. The van der Waals surface area contributed by atoms with Crippen molar-refractivity contribution in [2.45, 2.75) is 25.6 Å². The molecule has 3 rings (SSSR count). The molecule has 1 aromatic heterocycles. The lowest BCUT2D eigenvalue weighted by atomic mass is 9.94. The molecule has 0 saturated carbocycles. The minimum absolute atomic E-state index is 0.0319. The van der Waals surface area contributed by atoms with Crippen LogP contribution in [0.5, 0.6) is 0 Å². The van der Waals surface area contributed by atoms with Crippen molar-refractivity contribution in [1.82, 2.24) is 15.6 Å². The van der Waals surface area contributed by atoms with Gasteiger partial charge in [-0.25, -0.2) is 0 Å². The molecule has 1 saturated heterocycles. The zero-order chi connectivity index (χ0) is 19.6. The van der Waals surface area contributed by atoms with E-state index in [2.05, 4.69) is 27.4 Å². The quantitative estimate of drug-likeness (QED) is 0.857. The van der Waals surface area contributed by atoms with Crippen LogP contribution < -0.4 is 15.5 Å². The molecule has 2 aromatic rings. The Morgan fingerprint density at radius 3 is 2.78 bits per heavy atom. The average Bonchev–Trinajstić information content (AvgIpc) is 2.63. The topological polar surface area (TPSA) is 57.3 Å². The summed E-state index contributed by atoms with van der Waals surface area (Å²) in [5.41, 5.74) is -0.0128. The molecule has 2 heterocycles. The number of nitrogens with one attached hydrogen (secondary N) is 2. The maximum Gasteiger partial charge on any atom is 0.418 e. The van der Waals surface area contributed by atoms with Gasteiger partial charge in [0.05, 0.1) is 17.6 Å². The Labute approximate surface area is 155 Å². The van der Waals surface area contributed by atoms with Crippen molar-refractivity contribution in [3.05, 3.63) is 36.0 Å². The molecule has 1 aliphatic heterocycles. The molecule has 0 bridgehead atoms. The van der Waals surface area contributed by atoms with Crippen molar-refractivity contribution in [3.63, 3.8) is 0 Å². The van der Waals surface area contributed by atoms with Gasteiger partial charge in [0.1, 0.15) is 0 Å². The Hall–Kier alpha value is -2.35. The second-order valence-corrected chi connectivity index (χ2v) is 7.03. The van der Waals surface area contributed by atoms with E-state index < -0.39 is 11.7 Å². The summed E-state index contributed by atoms with van der Waals surface area (Å²) in [4.78, 5) is 17.6. The van der Waals surface area contributed by atoms with Crippen LogP contribution in [-0.4, -0.2) is 43.6 Å². The Bertz CT molecular complexity index is 824. The summed E-state index contributed by atoms with van der Waals surface area (Å²) < 4.78 is 40.0. The van der Waals surface area contributed by atoms with Gasteiger partial charge in [-0.2, -0.15) is 13.2 Å². The number of piperidine rings is 1. The van der Waals surface area contributed by atoms with Crippen LogP contribution in [0.2, 0.25) is 0 Å². The molecule has 2 N–H and O–H groups in total. The first-order chi connectivity index (χ1) is 12.8. The number of carbonyl (C=O) groups excluding carboxylic acids is 1. The molecule has 27 heavy (non-hydrogen) atoms. The van der Waals surface area contributed by atoms with Crippen molar-refractivity contribution in [3.8, 4) is 0 Å². The lowest BCUT2D eigenvalue weighted by molar-refractivity contribution is -0.136. The van der Waals surface area contributed by atoms with E-state index >= 15 is 0 Å².